The second-order valence-electron chi connectivity index (χ2n) is 6.39. The lowest BCUT2D eigenvalue weighted by Crippen LogP contribution is -2.57. The predicted molar refractivity (Wildman–Crippen MR) is 80.5 cm³/mol. The highest BCUT2D eigenvalue weighted by atomic mass is 16.5. The molecule has 1 aromatic heterocycles. The standard InChI is InChI=1S/C16H28N2O2/c1-12(2)15-9-16(11-17,6-8-20-15)18(4)10-14-5-7-19-13(14)3/h5,7,12,15H,6,8-11,17H2,1-4H3. The summed E-state index contributed by atoms with van der Waals surface area (Å²) in [5, 5.41) is 0. The lowest BCUT2D eigenvalue weighted by molar-refractivity contribution is -0.0835. The fraction of sp³-hybridized carbons (Fsp3) is 0.750. The molecule has 0 saturated carbocycles. The molecule has 1 aliphatic heterocycles. The molecule has 0 aliphatic carbocycles. The van der Waals surface area contributed by atoms with E-state index in [0.717, 1.165) is 31.8 Å². The Morgan fingerprint density at radius 3 is 2.80 bits per heavy atom. The molecule has 0 aromatic carbocycles. The van der Waals surface area contributed by atoms with Crippen LogP contribution in [-0.4, -0.2) is 36.7 Å². The largest absolute Gasteiger partial charge is 0.469 e. The van der Waals surface area contributed by atoms with Crippen LogP contribution in [0.3, 0.4) is 0 Å². The molecule has 2 unspecified atom stereocenters. The Hall–Kier alpha value is -0.840. The van der Waals surface area contributed by atoms with Gasteiger partial charge in [0.25, 0.3) is 0 Å². The first kappa shape index (κ1) is 15.5. The number of hydrogen-bond acceptors (Lipinski definition) is 4. The van der Waals surface area contributed by atoms with Gasteiger partial charge < -0.3 is 14.9 Å². The van der Waals surface area contributed by atoms with Crippen LogP contribution in [0.5, 0.6) is 0 Å². The van der Waals surface area contributed by atoms with Gasteiger partial charge in [-0.25, -0.2) is 0 Å². The summed E-state index contributed by atoms with van der Waals surface area (Å²) in [5.74, 6) is 1.53. The summed E-state index contributed by atoms with van der Waals surface area (Å²) in [6.07, 6.45) is 4.07. The van der Waals surface area contributed by atoms with Crippen LogP contribution >= 0.6 is 0 Å². The Morgan fingerprint density at radius 1 is 1.50 bits per heavy atom. The zero-order chi connectivity index (χ0) is 14.8. The van der Waals surface area contributed by atoms with Crippen LogP contribution in [0.4, 0.5) is 0 Å². The van der Waals surface area contributed by atoms with E-state index in [4.69, 9.17) is 14.9 Å². The van der Waals surface area contributed by atoms with Crippen molar-refractivity contribution in [2.45, 2.75) is 51.8 Å². The molecule has 2 rings (SSSR count). The predicted octanol–water partition coefficient (Wildman–Crippen LogP) is 2.55. The van der Waals surface area contributed by atoms with Crippen molar-refractivity contribution in [3.63, 3.8) is 0 Å². The van der Waals surface area contributed by atoms with Crippen molar-refractivity contribution >= 4 is 0 Å². The molecule has 1 aliphatic rings. The van der Waals surface area contributed by atoms with Gasteiger partial charge in [-0.1, -0.05) is 13.8 Å². The Kier molecular flexibility index (Phi) is 4.89. The molecule has 114 valence electrons. The molecule has 0 amide bonds. The van der Waals surface area contributed by atoms with Gasteiger partial charge in [-0.2, -0.15) is 0 Å². The highest BCUT2D eigenvalue weighted by Crippen LogP contribution is 2.33. The minimum Gasteiger partial charge on any atom is -0.469 e. The first-order chi connectivity index (χ1) is 9.48. The number of rotatable bonds is 5. The Morgan fingerprint density at radius 2 is 2.25 bits per heavy atom. The van der Waals surface area contributed by atoms with E-state index in [1.54, 1.807) is 6.26 Å². The van der Waals surface area contributed by atoms with Gasteiger partial charge in [0.1, 0.15) is 5.76 Å². The third kappa shape index (κ3) is 3.08. The maximum absolute atomic E-state index is 6.15. The van der Waals surface area contributed by atoms with Gasteiger partial charge in [0.2, 0.25) is 0 Å². The summed E-state index contributed by atoms with van der Waals surface area (Å²) in [6, 6.07) is 2.05. The third-order valence-electron chi connectivity index (χ3n) is 4.79. The topological polar surface area (TPSA) is 51.6 Å². The summed E-state index contributed by atoms with van der Waals surface area (Å²) >= 11 is 0. The van der Waals surface area contributed by atoms with Crippen LogP contribution in [-0.2, 0) is 11.3 Å². The fourth-order valence-corrected chi connectivity index (χ4v) is 3.05. The average Bonchev–Trinajstić information content (AvgIpc) is 2.84. The highest BCUT2D eigenvalue weighted by molar-refractivity contribution is 5.16. The number of aryl methyl sites for hydroxylation is 1. The van der Waals surface area contributed by atoms with Gasteiger partial charge in [-0.05, 0) is 38.8 Å². The van der Waals surface area contributed by atoms with Crippen molar-refractivity contribution < 1.29 is 9.15 Å². The second-order valence-corrected chi connectivity index (χ2v) is 6.39. The highest BCUT2D eigenvalue weighted by Gasteiger charge is 2.40. The molecule has 1 aromatic rings. The van der Waals surface area contributed by atoms with E-state index in [1.807, 2.05) is 6.92 Å². The zero-order valence-corrected chi connectivity index (χ0v) is 13.2. The van der Waals surface area contributed by atoms with Crippen LogP contribution in [0.15, 0.2) is 16.7 Å². The van der Waals surface area contributed by atoms with Gasteiger partial charge in [0, 0.05) is 30.8 Å². The van der Waals surface area contributed by atoms with Gasteiger partial charge in [0.15, 0.2) is 0 Å². The molecule has 2 atom stereocenters. The number of ether oxygens (including phenoxy) is 1. The van der Waals surface area contributed by atoms with E-state index in [9.17, 15) is 0 Å². The molecule has 1 saturated heterocycles. The maximum atomic E-state index is 6.15. The van der Waals surface area contributed by atoms with E-state index in [2.05, 4.69) is 31.9 Å². The van der Waals surface area contributed by atoms with Crippen LogP contribution in [0.2, 0.25) is 0 Å². The molecule has 2 N–H and O–H groups in total. The molecule has 0 bridgehead atoms. The van der Waals surface area contributed by atoms with Crippen molar-refractivity contribution in [1.82, 2.24) is 4.90 Å². The lowest BCUT2D eigenvalue weighted by Gasteiger charge is -2.47. The SMILES string of the molecule is Cc1occc1CN(C)C1(CN)CCOC(C(C)C)C1. The third-order valence-corrected chi connectivity index (χ3v) is 4.79. The van der Waals surface area contributed by atoms with Gasteiger partial charge in [-0.3, -0.25) is 4.90 Å². The van der Waals surface area contributed by atoms with Crippen molar-refractivity contribution in [3.8, 4) is 0 Å². The van der Waals surface area contributed by atoms with Crippen molar-refractivity contribution in [2.75, 3.05) is 20.2 Å². The zero-order valence-electron chi connectivity index (χ0n) is 13.2. The Bertz CT molecular complexity index is 430. The summed E-state index contributed by atoms with van der Waals surface area (Å²) < 4.78 is 11.3. The van der Waals surface area contributed by atoms with Crippen LogP contribution < -0.4 is 5.73 Å². The molecule has 1 fully saturated rings. The van der Waals surface area contributed by atoms with E-state index in [-0.39, 0.29) is 5.54 Å². The van der Waals surface area contributed by atoms with Gasteiger partial charge >= 0.3 is 0 Å². The summed E-state index contributed by atoms with van der Waals surface area (Å²) in [7, 11) is 2.17. The Labute approximate surface area is 122 Å². The normalized spacial score (nSPS) is 27.4. The van der Waals surface area contributed by atoms with Crippen LogP contribution in [0.25, 0.3) is 0 Å². The van der Waals surface area contributed by atoms with E-state index in [0.29, 0.717) is 18.6 Å². The van der Waals surface area contributed by atoms with Gasteiger partial charge in [0.05, 0.1) is 12.4 Å². The average molecular weight is 280 g/mol. The number of nitrogens with zero attached hydrogens (tertiary/aromatic N) is 1. The van der Waals surface area contributed by atoms with Gasteiger partial charge in [-0.15, -0.1) is 0 Å². The van der Waals surface area contributed by atoms with Crippen LogP contribution in [0.1, 0.15) is 38.0 Å². The maximum Gasteiger partial charge on any atom is 0.105 e. The molecular weight excluding hydrogens is 252 g/mol. The van der Waals surface area contributed by atoms with E-state index >= 15 is 0 Å². The van der Waals surface area contributed by atoms with Crippen molar-refractivity contribution in [2.24, 2.45) is 11.7 Å². The molecule has 4 nitrogen and oxygen atoms in total. The lowest BCUT2D eigenvalue weighted by atomic mass is 9.82. The van der Waals surface area contributed by atoms with Crippen LogP contribution in [0, 0.1) is 12.8 Å². The van der Waals surface area contributed by atoms with E-state index in [1.165, 1.54) is 5.56 Å². The minimum absolute atomic E-state index is 0.0386. The number of nitrogens with two attached hydrogens (primary N) is 1. The second kappa shape index (κ2) is 6.29. The first-order valence-electron chi connectivity index (χ1n) is 7.54. The summed E-state index contributed by atoms with van der Waals surface area (Å²) in [6.45, 7) is 8.81. The molecular formula is C16H28N2O2. The Balaban J connectivity index is 2.11. The summed E-state index contributed by atoms with van der Waals surface area (Å²) in [4.78, 5) is 2.39. The number of hydrogen-bond donors (Lipinski definition) is 1. The molecule has 0 radical (unpaired) electrons. The monoisotopic (exact) mass is 280 g/mol. The minimum atomic E-state index is 0.0386. The number of furan rings is 1. The van der Waals surface area contributed by atoms with Crippen molar-refractivity contribution in [1.29, 1.82) is 0 Å². The van der Waals surface area contributed by atoms with Crippen molar-refractivity contribution in [3.05, 3.63) is 23.7 Å². The number of likely N-dealkylation sites (N-methyl/N-ethyl adjacent to an activating group) is 1. The quantitative estimate of drug-likeness (QED) is 0.900. The smallest absolute Gasteiger partial charge is 0.105 e. The molecule has 20 heavy (non-hydrogen) atoms. The molecule has 2 heterocycles. The first-order valence-corrected chi connectivity index (χ1v) is 7.54. The molecule has 0 spiro atoms. The summed E-state index contributed by atoms with van der Waals surface area (Å²) in [5.41, 5.74) is 7.43. The van der Waals surface area contributed by atoms with E-state index < -0.39 is 0 Å². The molecule has 4 heteroatoms. The fourth-order valence-electron chi connectivity index (χ4n) is 3.05.